The maximum absolute atomic E-state index is 4.92. The first-order valence-electron chi connectivity index (χ1n) is 7.99. The Hall–Kier alpha value is -1.87. The number of fused-ring (bicyclic) bond motifs is 4. The van der Waals surface area contributed by atoms with Crippen molar-refractivity contribution in [2.75, 3.05) is 0 Å². The first-order valence-corrected chi connectivity index (χ1v) is 7.99. The van der Waals surface area contributed by atoms with Crippen LogP contribution < -0.4 is 5.32 Å². The van der Waals surface area contributed by atoms with Gasteiger partial charge in [0.05, 0.1) is 17.1 Å². The molecule has 5 rings (SSSR count). The lowest BCUT2D eigenvalue weighted by Crippen LogP contribution is -2.18. The summed E-state index contributed by atoms with van der Waals surface area (Å²) in [5.74, 6) is 2.01. The van der Waals surface area contributed by atoms with Crippen molar-refractivity contribution >= 4 is 21.8 Å². The zero-order valence-corrected chi connectivity index (χ0v) is 12.2. The third-order valence-corrected chi connectivity index (χ3v) is 5.17. The molecule has 3 atom stereocenters. The van der Waals surface area contributed by atoms with E-state index >= 15 is 0 Å². The molecule has 0 radical (unpaired) electrons. The molecule has 2 aliphatic rings. The molecule has 3 unspecified atom stereocenters. The van der Waals surface area contributed by atoms with Crippen LogP contribution in [0, 0.1) is 5.92 Å². The highest BCUT2D eigenvalue weighted by Crippen LogP contribution is 2.45. The molecule has 2 N–H and O–H groups in total. The number of aromatic nitrogens is 2. The van der Waals surface area contributed by atoms with Gasteiger partial charge in [0.2, 0.25) is 0 Å². The number of nitrogens with one attached hydrogen (secondary N) is 2. The van der Waals surface area contributed by atoms with Crippen LogP contribution in [0.5, 0.6) is 0 Å². The molecule has 2 heterocycles. The SMILES string of the molecule is CCc1ccc2c(ccc3[nH]c(C4CC5CC5N4)nc32)c1. The van der Waals surface area contributed by atoms with E-state index in [0.29, 0.717) is 6.04 Å². The van der Waals surface area contributed by atoms with Crippen molar-refractivity contribution in [3.8, 4) is 0 Å². The minimum atomic E-state index is 0.422. The lowest BCUT2D eigenvalue weighted by atomic mass is 10.0. The van der Waals surface area contributed by atoms with Crippen molar-refractivity contribution in [3.05, 3.63) is 41.7 Å². The topological polar surface area (TPSA) is 40.7 Å². The minimum absolute atomic E-state index is 0.422. The number of nitrogens with zero attached hydrogens (tertiary/aromatic N) is 1. The standard InChI is InChI=1S/C18H19N3/c1-2-10-3-5-13-11(7-10)4-6-14-17(13)21-18(20-14)16-9-12-8-15(12)19-16/h3-7,12,15-16,19H,2,8-9H2,1H3,(H,20,21). The third kappa shape index (κ3) is 1.74. The summed E-state index contributed by atoms with van der Waals surface area (Å²) >= 11 is 0. The largest absolute Gasteiger partial charge is 0.341 e. The highest BCUT2D eigenvalue weighted by molar-refractivity contribution is 6.04. The second-order valence-electron chi connectivity index (χ2n) is 6.55. The van der Waals surface area contributed by atoms with E-state index in [1.807, 2.05) is 0 Å². The van der Waals surface area contributed by atoms with Gasteiger partial charge in [-0.05, 0) is 42.2 Å². The highest BCUT2D eigenvalue weighted by atomic mass is 15.1. The quantitative estimate of drug-likeness (QED) is 0.750. The molecular formula is C18H19N3. The fraction of sp³-hybridized carbons (Fsp3) is 0.389. The maximum atomic E-state index is 4.92. The molecule has 2 aromatic carbocycles. The van der Waals surface area contributed by atoms with Crippen LogP contribution in [0.1, 0.15) is 37.2 Å². The van der Waals surface area contributed by atoms with Crippen LogP contribution in [-0.2, 0) is 6.42 Å². The van der Waals surface area contributed by atoms with E-state index in [0.717, 1.165) is 35.2 Å². The summed E-state index contributed by atoms with van der Waals surface area (Å²) in [4.78, 5) is 8.44. The molecule has 3 heteroatoms. The zero-order valence-electron chi connectivity index (χ0n) is 12.2. The first kappa shape index (κ1) is 11.8. The normalized spacial score (nSPS) is 27.4. The van der Waals surface area contributed by atoms with Gasteiger partial charge in [0.25, 0.3) is 0 Å². The van der Waals surface area contributed by atoms with Crippen LogP contribution in [0.25, 0.3) is 21.8 Å². The fourth-order valence-electron chi connectivity index (χ4n) is 3.79. The highest BCUT2D eigenvalue weighted by Gasteiger charge is 2.46. The lowest BCUT2D eigenvalue weighted by molar-refractivity contribution is 0.544. The predicted molar refractivity (Wildman–Crippen MR) is 85.4 cm³/mol. The van der Waals surface area contributed by atoms with Gasteiger partial charge in [0.1, 0.15) is 5.82 Å². The number of hydrogen-bond donors (Lipinski definition) is 2. The Bertz CT molecular complexity index is 838. The second kappa shape index (κ2) is 4.08. The summed E-state index contributed by atoms with van der Waals surface area (Å²) in [5, 5.41) is 6.23. The number of benzene rings is 2. The summed E-state index contributed by atoms with van der Waals surface area (Å²) in [6.45, 7) is 2.20. The maximum Gasteiger partial charge on any atom is 0.124 e. The Labute approximate surface area is 123 Å². The van der Waals surface area contributed by atoms with Crippen molar-refractivity contribution in [3.63, 3.8) is 0 Å². The Morgan fingerprint density at radius 3 is 2.95 bits per heavy atom. The molecule has 1 aliphatic carbocycles. The van der Waals surface area contributed by atoms with Gasteiger partial charge in [0.15, 0.2) is 0 Å². The molecule has 1 aromatic heterocycles. The zero-order chi connectivity index (χ0) is 14.0. The molecule has 2 fully saturated rings. The molecule has 1 saturated carbocycles. The average molecular weight is 277 g/mol. The van der Waals surface area contributed by atoms with Crippen LogP contribution in [0.4, 0.5) is 0 Å². The molecule has 1 saturated heterocycles. The molecular weight excluding hydrogens is 258 g/mol. The summed E-state index contributed by atoms with van der Waals surface area (Å²) in [6.07, 6.45) is 3.68. The van der Waals surface area contributed by atoms with Gasteiger partial charge in [-0.2, -0.15) is 0 Å². The second-order valence-corrected chi connectivity index (χ2v) is 6.55. The number of aromatic amines is 1. The smallest absolute Gasteiger partial charge is 0.124 e. The van der Waals surface area contributed by atoms with E-state index in [-0.39, 0.29) is 0 Å². The van der Waals surface area contributed by atoms with Gasteiger partial charge in [-0.15, -0.1) is 0 Å². The summed E-state index contributed by atoms with van der Waals surface area (Å²) < 4.78 is 0. The van der Waals surface area contributed by atoms with Crippen molar-refractivity contribution in [2.24, 2.45) is 5.92 Å². The number of H-pyrrole nitrogens is 1. The first-order chi connectivity index (χ1) is 10.3. The van der Waals surface area contributed by atoms with Gasteiger partial charge >= 0.3 is 0 Å². The predicted octanol–water partition coefficient (Wildman–Crippen LogP) is 3.70. The number of imidazole rings is 1. The van der Waals surface area contributed by atoms with Gasteiger partial charge in [-0.1, -0.05) is 31.2 Å². The molecule has 0 bridgehead atoms. The molecule has 1 aliphatic heterocycles. The summed E-state index contributed by atoms with van der Waals surface area (Å²) in [7, 11) is 0. The van der Waals surface area contributed by atoms with Crippen molar-refractivity contribution in [2.45, 2.75) is 38.3 Å². The third-order valence-electron chi connectivity index (χ3n) is 5.17. The van der Waals surface area contributed by atoms with Gasteiger partial charge in [-0.3, -0.25) is 0 Å². The number of hydrogen-bond acceptors (Lipinski definition) is 2. The minimum Gasteiger partial charge on any atom is -0.341 e. The molecule has 21 heavy (non-hydrogen) atoms. The van der Waals surface area contributed by atoms with Crippen LogP contribution in [0.2, 0.25) is 0 Å². The van der Waals surface area contributed by atoms with E-state index in [1.165, 1.54) is 29.2 Å². The Balaban J connectivity index is 1.65. The summed E-state index contributed by atoms with van der Waals surface area (Å²) in [5.41, 5.74) is 3.66. The van der Waals surface area contributed by atoms with Crippen molar-refractivity contribution in [1.29, 1.82) is 0 Å². The molecule has 0 amide bonds. The molecule has 3 nitrogen and oxygen atoms in total. The molecule has 3 aromatic rings. The van der Waals surface area contributed by atoms with E-state index in [1.54, 1.807) is 0 Å². The lowest BCUT2D eigenvalue weighted by Gasteiger charge is -2.08. The van der Waals surface area contributed by atoms with Gasteiger partial charge in [-0.25, -0.2) is 4.98 Å². The van der Waals surface area contributed by atoms with Crippen molar-refractivity contribution < 1.29 is 0 Å². The summed E-state index contributed by atoms with van der Waals surface area (Å²) in [6, 6.07) is 12.3. The fourth-order valence-corrected chi connectivity index (χ4v) is 3.79. The van der Waals surface area contributed by atoms with Crippen LogP contribution in [-0.4, -0.2) is 16.0 Å². The molecule has 0 spiro atoms. The van der Waals surface area contributed by atoms with Crippen LogP contribution in [0.3, 0.4) is 0 Å². The average Bonchev–Trinajstić information content (AvgIpc) is 2.96. The van der Waals surface area contributed by atoms with E-state index < -0.39 is 0 Å². The van der Waals surface area contributed by atoms with E-state index in [4.69, 9.17) is 4.98 Å². The Morgan fingerprint density at radius 2 is 2.14 bits per heavy atom. The number of piperidine rings is 1. The molecule has 106 valence electrons. The van der Waals surface area contributed by atoms with Crippen LogP contribution in [0.15, 0.2) is 30.3 Å². The van der Waals surface area contributed by atoms with E-state index in [9.17, 15) is 0 Å². The Kier molecular flexibility index (Phi) is 2.28. The monoisotopic (exact) mass is 277 g/mol. The Morgan fingerprint density at radius 1 is 1.19 bits per heavy atom. The van der Waals surface area contributed by atoms with Gasteiger partial charge in [0, 0.05) is 11.4 Å². The van der Waals surface area contributed by atoms with E-state index in [2.05, 4.69) is 47.6 Å². The number of rotatable bonds is 2. The van der Waals surface area contributed by atoms with Crippen molar-refractivity contribution in [1.82, 2.24) is 15.3 Å². The number of aryl methyl sites for hydroxylation is 1. The van der Waals surface area contributed by atoms with Crippen LogP contribution >= 0.6 is 0 Å². The van der Waals surface area contributed by atoms with Gasteiger partial charge < -0.3 is 10.3 Å².